The molecule has 0 saturated carbocycles. The van der Waals surface area contributed by atoms with E-state index in [1.54, 1.807) is 19.4 Å². The molecule has 0 aliphatic rings. The number of nitrogens with zero attached hydrogens (tertiary/aromatic N) is 3. The van der Waals surface area contributed by atoms with E-state index in [0.717, 1.165) is 16.8 Å². The predicted octanol–water partition coefficient (Wildman–Crippen LogP) is 4.04. The van der Waals surface area contributed by atoms with Crippen LogP contribution in [0, 0.1) is 17.0 Å². The number of halogens is 1. The van der Waals surface area contributed by atoms with Gasteiger partial charge in [0, 0.05) is 31.3 Å². The summed E-state index contributed by atoms with van der Waals surface area (Å²) in [5.74, 6) is 1.13. The van der Waals surface area contributed by atoms with Gasteiger partial charge in [0.1, 0.15) is 6.26 Å². The zero-order chi connectivity index (χ0) is 19.9. The first kappa shape index (κ1) is 22.3. The second kappa shape index (κ2) is 10.6. The molecule has 3 rings (SSSR count). The lowest BCUT2D eigenvalue weighted by atomic mass is 10.1. The maximum absolute atomic E-state index is 10.9. The SMILES string of the molecule is CN=C(NCc1cccc([N+](=O)[O-])c1)NCc1coc(-c2ccc(C)cc2)n1.I. The Morgan fingerprint density at radius 3 is 2.59 bits per heavy atom. The Hall–Kier alpha value is -2.95. The molecule has 1 aromatic heterocycles. The maximum Gasteiger partial charge on any atom is 0.269 e. The summed E-state index contributed by atoms with van der Waals surface area (Å²) in [5.41, 5.74) is 3.70. The standard InChI is InChI=1S/C20H21N5O3.HI/c1-14-6-8-16(9-7-14)19-24-17(13-28-19)12-23-20(21-2)22-11-15-4-3-5-18(10-15)25(26)27;/h3-10,13H,11-12H2,1-2H3,(H2,21,22,23);1H. The number of aryl methyl sites for hydroxylation is 1. The highest BCUT2D eigenvalue weighted by Crippen LogP contribution is 2.19. The summed E-state index contributed by atoms with van der Waals surface area (Å²) < 4.78 is 5.55. The van der Waals surface area contributed by atoms with Gasteiger partial charge in [-0.05, 0) is 24.6 Å². The Morgan fingerprint density at radius 2 is 1.90 bits per heavy atom. The van der Waals surface area contributed by atoms with E-state index < -0.39 is 4.92 Å². The fraction of sp³-hybridized carbons (Fsp3) is 0.200. The van der Waals surface area contributed by atoms with Crippen LogP contribution in [0.4, 0.5) is 5.69 Å². The molecule has 0 bridgehead atoms. The molecule has 0 radical (unpaired) electrons. The van der Waals surface area contributed by atoms with E-state index >= 15 is 0 Å². The normalized spacial score (nSPS) is 10.9. The Balaban J connectivity index is 0.00000300. The minimum Gasteiger partial charge on any atom is -0.444 e. The van der Waals surface area contributed by atoms with Crippen molar-refractivity contribution in [2.75, 3.05) is 7.05 Å². The van der Waals surface area contributed by atoms with Crippen LogP contribution >= 0.6 is 24.0 Å². The summed E-state index contributed by atoms with van der Waals surface area (Å²) >= 11 is 0. The molecule has 0 amide bonds. The van der Waals surface area contributed by atoms with Gasteiger partial charge in [0.05, 0.1) is 17.2 Å². The average molecular weight is 507 g/mol. The number of benzene rings is 2. The molecule has 0 aliphatic carbocycles. The first-order valence-electron chi connectivity index (χ1n) is 8.74. The van der Waals surface area contributed by atoms with E-state index in [-0.39, 0.29) is 29.7 Å². The van der Waals surface area contributed by atoms with Crippen molar-refractivity contribution in [2.24, 2.45) is 4.99 Å². The second-order valence-corrected chi connectivity index (χ2v) is 6.22. The lowest BCUT2D eigenvalue weighted by molar-refractivity contribution is -0.384. The highest BCUT2D eigenvalue weighted by atomic mass is 127. The summed E-state index contributed by atoms with van der Waals surface area (Å²) in [6.07, 6.45) is 1.61. The number of hydrogen-bond acceptors (Lipinski definition) is 5. The molecule has 152 valence electrons. The van der Waals surface area contributed by atoms with Crippen LogP contribution in [-0.4, -0.2) is 22.9 Å². The van der Waals surface area contributed by atoms with Gasteiger partial charge in [0.25, 0.3) is 5.69 Å². The van der Waals surface area contributed by atoms with Gasteiger partial charge in [-0.25, -0.2) is 4.98 Å². The summed E-state index contributed by atoms with van der Waals surface area (Å²) in [4.78, 5) is 19.1. The minimum absolute atomic E-state index is 0. The van der Waals surface area contributed by atoms with E-state index in [2.05, 4.69) is 20.6 Å². The number of non-ortho nitro benzene ring substituents is 1. The van der Waals surface area contributed by atoms with Crippen LogP contribution in [0.5, 0.6) is 0 Å². The summed E-state index contributed by atoms with van der Waals surface area (Å²) in [5, 5.41) is 17.1. The van der Waals surface area contributed by atoms with Gasteiger partial charge in [-0.2, -0.15) is 0 Å². The molecule has 29 heavy (non-hydrogen) atoms. The van der Waals surface area contributed by atoms with Gasteiger partial charge in [-0.3, -0.25) is 15.1 Å². The average Bonchev–Trinajstić information content (AvgIpc) is 3.18. The Morgan fingerprint density at radius 1 is 1.17 bits per heavy atom. The number of hydrogen-bond donors (Lipinski definition) is 2. The zero-order valence-electron chi connectivity index (χ0n) is 16.1. The third-order valence-electron chi connectivity index (χ3n) is 4.09. The lowest BCUT2D eigenvalue weighted by Crippen LogP contribution is -2.36. The molecule has 2 N–H and O–H groups in total. The monoisotopic (exact) mass is 507 g/mol. The van der Waals surface area contributed by atoms with Gasteiger partial charge < -0.3 is 15.1 Å². The fourth-order valence-electron chi connectivity index (χ4n) is 2.58. The van der Waals surface area contributed by atoms with Gasteiger partial charge in [-0.15, -0.1) is 24.0 Å². The van der Waals surface area contributed by atoms with Crippen LogP contribution in [0.3, 0.4) is 0 Å². The molecule has 0 aliphatic heterocycles. The molecule has 0 fully saturated rings. The summed E-state index contributed by atoms with van der Waals surface area (Å²) in [7, 11) is 1.66. The van der Waals surface area contributed by atoms with E-state index in [1.165, 1.54) is 17.7 Å². The largest absolute Gasteiger partial charge is 0.444 e. The van der Waals surface area contributed by atoms with Crippen LogP contribution in [0.15, 0.2) is 64.2 Å². The molecular weight excluding hydrogens is 485 g/mol. The topological polar surface area (TPSA) is 106 Å². The minimum atomic E-state index is -0.410. The van der Waals surface area contributed by atoms with Crippen LogP contribution in [0.2, 0.25) is 0 Å². The molecular formula is C20H22IN5O3. The van der Waals surface area contributed by atoms with E-state index in [4.69, 9.17) is 4.42 Å². The van der Waals surface area contributed by atoms with Crippen molar-refractivity contribution in [3.05, 3.63) is 81.7 Å². The Labute approximate surface area is 185 Å². The molecule has 8 nitrogen and oxygen atoms in total. The van der Waals surface area contributed by atoms with Crippen LogP contribution in [0.1, 0.15) is 16.8 Å². The van der Waals surface area contributed by atoms with Crippen molar-refractivity contribution >= 4 is 35.6 Å². The highest BCUT2D eigenvalue weighted by molar-refractivity contribution is 14.0. The molecule has 0 unspecified atom stereocenters. The predicted molar refractivity (Wildman–Crippen MR) is 122 cm³/mol. The number of oxazole rings is 1. The number of aliphatic imine (C=N–C) groups is 1. The molecule has 1 heterocycles. The highest BCUT2D eigenvalue weighted by Gasteiger charge is 2.08. The van der Waals surface area contributed by atoms with Gasteiger partial charge in [-0.1, -0.05) is 29.8 Å². The maximum atomic E-state index is 10.9. The first-order valence-corrected chi connectivity index (χ1v) is 8.74. The van der Waals surface area contributed by atoms with Crippen molar-refractivity contribution in [1.29, 1.82) is 0 Å². The lowest BCUT2D eigenvalue weighted by Gasteiger charge is -2.10. The van der Waals surface area contributed by atoms with Gasteiger partial charge in [0.15, 0.2) is 5.96 Å². The molecule has 0 spiro atoms. The number of nitrogens with one attached hydrogen (secondary N) is 2. The van der Waals surface area contributed by atoms with Crippen LogP contribution < -0.4 is 10.6 Å². The van der Waals surface area contributed by atoms with Crippen molar-refractivity contribution in [2.45, 2.75) is 20.0 Å². The Kier molecular flexibility index (Phi) is 8.13. The van der Waals surface area contributed by atoms with E-state index in [1.807, 2.05) is 37.3 Å². The quantitative estimate of drug-likeness (QED) is 0.172. The molecule has 9 heteroatoms. The van der Waals surface area contributed by atoms with Crippen molar-refractivity contribution in [3.63, 3.8) is 0 Å². The zero-order valence-corrected chi connectivity index (χ0v) is 18.4. The first-order chi connectivity index (χ1) is 13.5. The second-order valence-electron chi connectivity index (χ2n) is 6.22. The molecule has 2 aromatic carbocycles. The molecule has 3 aromatic rings. The van der Waals surface area contributed by atoms with Crippen molar-refractivity contribution in [3.8, 4) is 11.5 Å². The fourth-order valence-corrected chi connectivity index (χ4v) is 2.58. The molecule has 0 atom stereocenters. The van der Waals surface area contributed by atoms with Crippen LogP contribution in [-0.2, 0) is 13.1 Å². The third kappa shape index (κ3) is 6.28. The van der Waals surface area contributed by atoms with Crippen molar-refractivity contribution in [1.82, 2.24) is 15.6 Å². The third-order valence-corrected chi connectivity index (χ3v) is 4.09. The molecule has 0 saturated heterocycles. The van der Waals surface area contributed by atoms with Gasteiger partial charge >= 0.3 is 0 Å². The summed E-state index contributed by atoms with van der Waals surface area (Å²) in [6.45, 7) is 2.87. The van der Waals surface area contributed by atoms with Crippen molar-refractivity contribution < 1.29 is 9.34 Å². The number of nitro groups is 1. The Bertz CT molecular complexity index is 986. The van der Waals surface area contributed by atoms with Gasteiger partial charge in [0.2, 0.25) is 5.89 Å². The van der Waals surface area contributed by atoms with E-state index in [9.17, 15) is 10.1 Å². The number of rotatable bonds is 6. The number of guanidine groups is 1. The van der Waals surface area contributed by atoms with E-state index in [0.29, 0.717) is 24.9 Å². The van der Waals surface area contributed by atoms with Crippen LogP contribution in [0.25, 0.3) is 11.5 Å². The number of nitro benzene ring substituents is 1. The summed E-state index contributed by atoms with van der Waals surface area (Å²) in [6, 6.07) is 14.4. The smallest absolute Gasteiger partial charge is 0.269 e. The number of aromatic nitrogens is 1.